The van der Waals surface area contributed by atoms with E-state index in [0.717, 1.165) is 18.1 Å². The number of pyridine rings is 1. The van der Waals surface area contributed by atoms with Crippen LogP contribution >= 0.6 is 11.8 Å². The number of hydrogen-bond acceptors (Lipinski definition) is 5. The quantitative estimate of drug-likeness (QED) is 0.823. The van der Waals surface area contributed by atoms with Crippen LogP contribution in [0.15, 0.2) is 18.5 Å². The van der Waals surface area contributed by atoms with Crippen molar-refractivity contribution in [3.63, 3.8) is 0 Å². The van der Waals surface area contributed by atoms with E-state index < -0.39 is 0 Å². The van der Waals surface area contributed by atoms with E-state index >= 15 is 0 Å². The molecule has 0 bridgehead atoms. The Balaban J connectivity index is 1.96. The molecular formula is C13H18N2O2S. The van der Waals surface area contributed by atoms with Crippen LogP contribution in [0.2, 0.25) is 0 Å². The average molecular weight is 266 g/mol. The van der Waals surface area contributed by atoms with Crippen LogP contribution in [0.1, 0.15) is 23.7 Å². The number of hydrogen-bond donors (Lipinski definition) is 1. The Morgan fingerprint density at radius 2 is 2.50 bits per heavy atom. The van der Waals surface area contributed by atoms with Crippen molar-refractivity contribution in [3.05, 3.63) is 24.0 Å². The van der Waals surface area contributed by atoms with Crippen LogP contribution in [0.4, 0.5) is 0 Å². The monoisotopic (exact) mass is 266 g/mol. The summed E-state index contributed by atoms with van der Waals surface area (Å²) >= 11 is 1.90. The summed E-state index contributed by atoms with van der Waals surface area (Å²) in [5.74, 6) is 2.93. The van der Waals surface area contributed by atoms with Gasteiger partial charge in [0.05, 0.1) is 12.8 Å². The molecule has 18 heavy (non-hydrogen) atoms. The lowest BCUT2D eigenvalue weighted by atomic mass is 10.1. The number of carbonyl (C=O) groups excluding carboxylic acids is 1. The van der Waals surface area contributed by atoms with Gasteiger partial charge < -0.3 is 10.1 Å². The standard InChI is InChI=1S/C13H18N2O2S/c1-2-17-12-5-10(7-14-8-12)13(16)6-11-9-18-4-3-15-11/h5,7-8,11,15H,2-4,6,9H2,1H3. The Morgan fingerprint density at radius 3 is 3.22 bits per heavy atom. The maximum absolute atomic E-state index is 12.1. The number of aromatic nitrogens is 1. The number of nitrogens with one attached hydrogen (secondary N) is 1. The van der Waals surface area contributed by atoms with Gasteiger partial charge in [0.25, 0.3) is 0 Å². The number of Topliss-reactive ketones (excluding diaryl/α,β-unsaturated/α-hetero) is 1. The van der Waals surface area contributed by atoms with Gasteiger partial charge in [0, 0.05) is 42.3 Å². The highest BCUT2D eigenvalue weighted by Gasteiger charge is 2.18. The SMILES string of the molecule is CCOc1cncc(C(=O)CC2CSCCN2)c1. The number of nitrogens with zero attached hydrogens (tertiary/aromatic N) is 1. The van der Waals surface area contributed by atoms with Gasteiger partial charge in [-0.2, -0.15) is 11.8 Å². The van der Waals surface area contributed by atoms with Crippen LogP contribution in [0.5, 0.6) is 5.75 Å². The summed E-state index contributed by atoms with van der Waals surface area (Å²) in [6, 6.07) is 2.06. The third-order valence-electron chi connectivity index (χ3n) is 2.78. The first-order valence-corrected chi connectivity index (χ1v) is 7.37. The highest BCUT2D eigenvalue weighted by Crippen LogP contribution is 2.16. The van der Waals surface area contributed by atoms with Crippen LogP contribution in [-0.2, 0) is 0 Å². The van der Waals surface area contributed by atoms with Crippen molar-refractivity contribution in [2.75, 3.05) is 24.7 Å². The molecule has 0 radical (unpaired) electrons. The first-order chi connectivity index (χ1) is 8.79. The molecule has 1 aromatic heterocycles. The Labute approximate surface area is 112 Å². The number of thioether (sulfide) groups is 1. The zero-order chi connectivity index (χ0) is 12.8. The van der Waals surface area contributed by atoms with Gasteiger partial charge in [-0.15, -0.1) is 0 Å². The summed E-state index contributed by atoms with van der Waals surface area (Å²) in [5, 5.41) is 3.37. The molecule has 2 heterocycles. The largest absolute Gasteiger partial charge is 0.492 e. The summed E-state index contributed by atoms with van der Waals surface area (Å²) in [5.41, 5.74) is 0.637. The normalized spacial score (nSPS) is 19.5. The Kier molecular flexibility index (Phi) is 5.01. The lowest BCUT2D eigenvalue weighted by molar-refractivity contribution is 0.0971. The molecule has 0 spiro atoms. The molecule has 0 aromatic carbocycles. The molecule has 0 saturated carbocycles. The van der Waals surface area contributed by atoms with Crippen LogP contribution in [0, 0.1) is 0 Å². The molecular weight excluding hydrogens is 248 g/mol. The van der Waals surface area contributed by atoms with Gasteiger partial charge in [-0.3, -0.25) is 9.78 Å². The number of ether oxygens (including phenoxy) is 1. The molecule has 1 saturated heterocycles. The molecule has 1 aliphatic rings. The van der Waals surface area contributed by atoms with Crippen LogP contribution in [-0.4, -0.2) is 41.5 Å². The van der Waals surface area contributed by atoms with E-state index in [-0.39, 0.29) is 11.8 Å². The lowest BCUT2D eigenvalue weighted by Gasteiger charge is -2.22. The molecule has 2 rings (SSSR count). The molecule has 0 amide bonds. The van der Waals surface area contributed by atoms with E-state index in [9.17, 15) is 4.79 Å². The van der Waals surface area contributed by atoms with Crippen molar-refractivity contribution in [2.24, 2.45) is 0 Å². The summed E-state index contributed by atoms with van der Waals surface area (Å²) < 4.78 is 5.35. The minimum atomic E-state index is 0.129. The van der Waals surface area contributed by atoms with Crippen molar-refractivity contribution in [2.45, 2.75) is 19.4 Å². The molecule has 4 nitrogen and oxygen atoms in total. The van der Waals surface area contributed by atoms with E-state index in [1.54, 1.807) is 18.5 Å². The molecule has 98 valence electrons. The van der Waals surface area contributed by atoms with Gasteiger partial charge in [0.1, 0.15) is 5.75 Å². The van der Waals surface area contributed by atoms with Gasteiger partial charge in [-0.1, -0.05) is 0 Å². The lowest BCUT2D eigenvalue weighted by Crippen LogP contribution is -2.38. The van der Waals surface area contributed by atoms with E-state index in [1.807, 2.05) is 18.7 Å². The predicted octanol–water partition coefficient (Wildman–Crippen LogP) is 1.76. The van der Waals surface area contributed by atoms with E-state index in [4.69, 9.17) is 4.74 Å². The van der Waals surface area contributed by atoms with E-state index in [2.05, 4.69) is 10.3 Å². The Morgan fingerprint density at radius 1 is 1.61 bits per heavy atom. The smallest absolute Gasteiger partial charge is 0.166 e. The minimum absolute atomic E-state index is 0.129. The topological polar surface area (TPSA) is 51.2 Å². The highest BCUT2D eigenvalue weighted by molar-refractivity contribution is 7.99. The number of carbonyl (C=O) groups is 1. The molecule has 1 aromatic rings. The fourth-order valence-electron chi connectivity index (χ4n) is 1.91. The summed E-state index contributed by atoms with van der Waals surface area (Å²) in [6.07, 6.45) is 3.78. The second kappa shape index (κ2) is 6.75. The predicted molar refractivity (Wildman–Crippen MR) is 73.5 cm³/mol. The Hall–Kier alpha value is -1.07. The zero-order valence-corrected chi connectivity index (χ0v) is 11.3. The zero-order valence-electron chi connectivity index (χ0n) is 10.5. The first kappa shape index (κ1) is 13.4. The third kappa shape index (κ3) is 3.71. The molecule has 1 atom stereocenters. The van der Waals surface area contributed by atoms with Gasteiger partial charge in [0.15, 0.2) is 5.78 Å². The number of ketones is 1. The van der Waals surface area contributed by atoms with E-state index in [1.165, 1.54) is 0 Å². The molecule has 1 N–H and O–H groups in total. The fourth-order valence-corrected chi connectivity index (χ4v) is 2.86. The fraction of sp³-hybridized carbons (Fsp3) is 0.538. The minimum Gasteiger partial charge on any atom is -0.492 e. The second-order valence-electron chi connectivity index (χ2n) is 4.20. The van der Waals surface area contributed by atoms with Crippen molar-refractivity contribution in [3.8, 4) is 5.75 Å². The first-order valence-electron chi connectivity index (χ1n) is 6.21. The van der Waals surface area contributed by atoms with Crippen molar-refractivity contribution in [1.82, 2.24) is 10.3 Å². The van der Waals surface area contributed by atoms with Crippen LogP contribution in [0.25, 0.3) is 0 Å². The maximum atomic E-state index is 12.1. The molecule has 0 aliphatic carbocycles. The summed E-state index contributed by atoms with van der Waals surface area (Å²) in [4.78, 5) is 16.2. The molecule has 5 heteroatoms. The molecule has 1 unspecified atom stereocenters. The second-order valence-corrected chi connectivity index (χ2v) is 5.35. The van der Waals surface area contributed by atoms with Gasteiger partial charge in [-0.05, 0) is 13.0 Å². The number of rotatable bonds is 5. The van der Waals surface area contributed by atoms with Crippen LogP contribution < -0.4 is 10.1 Å². The molecule has 1 aliphatic heterocycles. The Bertz CT molecular complexity index is 406. The maximum Gasteiger partial charge on any atom is 0.166 e. The van der Waals surface area contributed by atoms with Gasteiger partial charge in [-0.25, -0.2) is 0 Å². The van der Waals surface area contributed by atoms with E-state index in [0.29, 0.717) is 24.3 Å². The van der Waals surface area contributed by atoms with Crippen molar-refractivity contribution in [1.29, 1.82) is 0 Å². The van der Waals surface area contributed by atoms with Crippen molar-refractivity contribution < 1.29 is 9.53 Å². The average Bonchev–Trinajstić information content (AvgIpc) is 2.40. The van der Waals surface area contributed by atoms with Gasteiger partial charge >= 0.3 is 0 Å². The summed E-state index contributed by atoms with van der Waals surface area (Å²) in [6.45, 7) is 3.48. The third-order valence-corrected chi connectivity index (χ3v) is 3.91. The summed E-state index contributed by atoms with van der Waals surface area (Å²) in [7, 11) is 0. The van der Waals surface area contributed by atoms with Crippen LogP contribution in [0.3, 0.4) is 0 Å². The van der Waals surface area contributed by atoms with Crippen molar-refractivity contribution >= 4 is 17.5 Å². The molecule has 1 fully saturated rings. The highest BCUT2D eigenvalue weighted by atomic mass is 32.2. The van der Waals surface area contributed by atoms with Gasteiger partial charge in [0.2, 0.25) is 0 Å².